The zero-order valence-corrected chi connectivity index (χ0v) is 27.6. The van der Waals surface area contributed by atoms with Crippen LogP contribution in [0.25, 0.3) is 0 Å². The van der Waals surface area contributed by atoms with Crippen LogP contribution in [0.4, 0.5) is 0 Å². The van der Waals surface area contributed by atoms with E-state index in [4.69, 9.17) is 18.9 Å². The van der Waals surface area contributed by atoms with Gasteiger partial charge < -0.3 is 29.2 Å². The highest BCUT2D eigenvalue weighted by Gasteiger charge is 2.27. The van der Waals surface area contributed by atoms with E-state index >= 15 is 0 Å². The van der Waals surface area contributed by atoms with Gasteiger partial charge in [-0.2, -0.15) is 0 Å². The monoisotopic (exact) mass is 616 g/mol. The molecular weight excluding hydrogens is 568 g/mol. The van der Waals surface area contributed by atoms with Crippen LogP contribution in [0.3, 0.4) is 0 Å². The maximum Gasteiger partial charge on any atom is 0.330 e. The average Bonchev–Trinajstić information content (AvgIpc) is 3.02. The van der Waals surface area contributed by atoms with Crippen LogP contribution in [0.2, 0.25) is 0 Å². The molecule has 0 saturated carbocycles. The molecule has 0 fully saturated rings. The van der Waals surface area contributed by atoms with Crippen LogP contribution in [0.15, 0.2) is 85.7 Å². The molecule has 0 radical (unpaired) electrons. The Bertz CT molecular complexity index is 1450. The molecule has 0 bridgehead atoms. The van der Waals surface area contributed by atoms with E-state index in [0.29, 0.717) is 5.75 Å². The summed E-state index contributed by atoms with van der Waals surface area (Å²) in [5, 5.41) is 20.2. The maximum atomic E-state index is 11.2. The molecule has 3 aromatic rings. The Morgan fingerprint density at radius 1 is 0.733 bits per heavy atom. The van der Waals surface area contributed by atoms with Gasteiger partial charge in [-0.1, -0.05) is 88.9 Å². The standard InChI is InChI=1S/C38H48O7/c1-9-19-42-22-32(39)23-43-34-17-15-30(20-26(34)3)37(5,6)28-11-13-29(14-12-28)38(7,8)31-16-18-35(27(4)21-31)44-24-33(40)25-45-36(41)10-2/h9-21,32-33,39-40H,2,22-25H2,1,3-8H3. The van der Waals surface area contributed by atoms with Gasteiger partial charge in [-0.15, -0.1) is 0 Å². The van der Waals surface area contributed by atoms with Crippen molar-refractivity contribution in [1.82, 2.24) is 0 Å². The van der Waals surface area contributed by atoms with E-state index in [-0.39, 0.29) is 37.3 Å². The van der Waals surface area contributed by atoms with Crippen molar-refractivity contribution in [3.05, 3.63) is 119 Å². The van der Waals surface area contributed by atoms with Crippen molar-refractivity contribution in [1.29, 1.82) is 0 Å². The Balaban J connectivity index is 1.68. The molecule has 7 heteroatoms. The lowest BCUT2D eigenvalue weighted by atomic mass is 9.74. The Kier molecular flexibility index (Phi) is 12.4. The average molecular weight is 617 g/mol. The number of aliphatic hydroxyl groups is 2. The summed E-state index contributed by atoms with van der Waals surface area (Å²) in [5.41, 5.74) is 6.16. The van der Waals surface area contributed by atoms with Crippen molar-refractivity contribution >= 4 is 5.97 Å². The third-order valence-corrected chi connectivity index (χ3v) is 8.09. The molecule has 45 heavy (non-hydrogen) atoms. The number of hydrogen-bond acceptors (Lipinski definition) is 7. The third-order valence-electron chi connectivity index (χ3n) is 8.09. The molecule has 0 amide bonds. The SMILES string of the molecule is C=CC(=O)OCC(O)COc1ccc(C(C)(C)c2ccc(C(C)(C)c3ccc(OCC(O)COC=CC)c(C)c3)cc2)cc1C. The first-order valence-electron chi connectivity index (χ1n) is 15.3. The first-order chi connectivity index (χ1) is 21.3. The second-order valence-electron chi connectivity index (χ2n) is 12.4. The number of allylic oxidation sites excluding steroid dienone is 1. The quantitative estimate of drug-likeness (QED) is 0.105. The number of carbonyl (C=O) groups is 1. The summed E-state index contributed by atoms with van der Waals surface area (Å²) >= 11 is 0. The van der Waals surface area contributed by atoms with Gasteiger partial charge in [0.2, 0.25) is 0 Å². The highest BCUT2D eigenvalue weighted by atomic mass is 16.5. The molecule has 0 aliphatic rings. The van der Waals surface area contributed by atoms with Crippen LogP contribution in [0.5, 0.6) is 11.5 Å². The van der Waals surface area contributed by atoms with E-state index in [0.717, 1.165) is 28.5 Å². The topological polar surface area (TPSA) is 94.5 Å². The highest BCUT2D eigenvalue weighted by Crippen LogP contribution is 2.38. The number of benzene rings is 3. The fourth-order valence-electron chi connectivity index (χ4n) is 5.01. The van der Waals surface area contributed by atoms with Crippen LogP contribution >= 0.6 is 0 Å². The number of carbonyl (C=O) groups excluding carboxylic acids is 1. The van der Waals surface area contributed by atoms with Crippen molar-refractivity contribution in [2.24, 2.45) is 0 Å². The number of esters is 1. The molecule has 2 atom stereocenters. The van der Waals surface area contributed by atoms with E-state index in [9.17, 15) is 15.0 Å². The Hall–Kier alpha value is -4.07. The lowest BCUT2D eigenvalue weighted by Crippen LogP contribution is -2.25. The predicted octanol–water partition coefficient (Wildman–Crippen LogP) is 6.71. The molecule has 0 aliphatic heterocycles. The second kappa shape index (κ2) is 15.8. The van der Waals surface area contributed by atoms with Gasteiger partial charge >= 0.3 is 5.97 Å². The molecule has 0 heterocycles. The van der Waals surface area contributed by atoms with Crippen molar-refractivity contribution in [2.75, 3.05) is 26.4 Å². The third kappa shape index (κ3) is 9.46. The second-order valence-corrected chi connectivity index (χ2v) is 12.4. The fourth-order valence-corrected chi connectivity index (χ4v) is 5.01. The maximum absolute atomic E-state index is 11.2. The lowest BCUT2D eigenvalue weighted by molar-refractivity contribution is -0.141. The molecule has 2 N–H and O–H groups in total. The molecule has 0 saturated heterocycles. The minimum Gasteiger partial charge on any atom is -0.499 e. The van der Waals surface area contributed by atoms with Crippen LogP contribution in [0.1, 0.15) is 68.0 Å². The summed E-state index contributed by atoms with van der Waals surface area (Å²) in [6, 6.07) is 21.1. The normalized spacial score (nSPS) is 13.3. The fraction of sp³-hybridized carbons (Fsp3) is 0.395. The van der Waals surface area contributed by atoms with Crippen molar-refractivity contribution in [3.63, 3.8) is 0 Å². The van der Waals surface area contributed by atoms with Gasteiger partial charge in [0, 0.05) is 16.9 Å². The Morgan fingerprint density at radius 3 is 1.56 bits per heavy atom. The van der Waals surface area contributed by atoms with Gasteiger partial charge in [-0.3, -0.25) is 0 Å². The van der Waals surface area contributed by atoms with Gasteiger partial charge in [0.15, 0.2) is 0 Å². The number of rotatable bonds is 16. The molecule has 2 unspecified atom stereocenters. The summed E-state index contributed by atoms with van der Waals surface area (Å²) in [6.45, 7) is 18.2. The number of hydrogen-bond donors (Lipinski definition) is 2. The van der Waals surface area contributed by atoms with Crippen LogP contribution in [-0.4, -0.2) is 54.8 Å². The molecule has 242 valence electrons. The highest BCUT2D eigenvalue weighted by molar-refractivity contribution is 5.81. The summed E-state index contributed by atoms with van der Waals surface area (Å²) in [7, 11) is 0. The molecule has 0 spiro atoms. The van der Waals surface area contributed by atoms with Crippen molar-refractivity contribution in [2.45, 2.75) is 71.5 Å². The molecule has 3 aromatic carbocycles. The van der Waals surface area contributed by atoms with Crippen molar-refractivity contribution < 1.29 is 34.0 Å². The van der Waals surface area contributed by atoms with Crippen molar-refractivity contribution in [3.8, 4) is 11.5 Å². The van der Waals surface area contributed by atoms with E-state index in [1.165, 1.54) is 16.7 Å². The smallest absolute Gasteiger partial charge is 0.330 e. The van der Waals surface area contributed by atoms with Crippen LogP contribution in [0, 0.1) is 13.8 Å². The Morgan fingerprint density at radius 2 is 1.16 bits per heavy atom. The number of aryl methyl sites for hydroxylation is 2. The summed E-state index contributed by atoms with van der Waals surface area (Å²) in [5.74, 6) is 0.833. The van der Waals surface area contributed by atoms with Gasteiger partial charge in [-0.25, -0.2) is 4.79 Å². The molecule has 0 aliphatic carbocycles. The summed E-state index contributed by atoms with van der Waals surface area (Å²) < 4.78 is 21.8. The van der Waals surface area contributed by atoms with Gasteiger partial charge in [0.05, 0.1) is 6.26 Å². The first kappa shape index (κ1) is 35.4. The first-order valence-corrected chi connectivity index (χ1v) is 15.3. The minimum atomic E-state index is -0.935. The zero-order chi connectivity index (χ0) is 33.2. The molecule has 7 nitrogen and oxygen atoms in total. The van der Waals surface area contributed by atoms with E-state index in [1.807, 2.05) is 39.0 Å². The lowest BCUT2D eigenvalue weighted by Gasteiger charge is -2.30. The summed E-state index contributed by atoms with van der Waals surface area (Å²) in [6.07, 6.45) is 2.74. The number of aliphatic hydroxyl groups excluding tert-OH is 2. The van der Waals surface area contributed by atoms with E-state index in [1.54, 1.807) is 12.3 Å². The number of ether oxygens (including phenoxy) is 4. The van der Waals surface area contributed by atoms with Crippen LogP contribution in [-0.2, 0) is 25.1 Å². The predicted molar refractivity (Wildman–Crippen MR) is 178 cm³/mol. The van der Waals surface area contributed by atoms with E-state index in [2.05, 4.69) is 76.7 Å². The van der Waals surface area contributed by atoms with Crippen LogP contribution < -0.4 is 9.47 Å². The molecule has 0 aromatic heterocycles. The minimum absolute atomic E-state index is 0.0101. The molecule has 3 rings (SSSR count). The van der Waals surface area contributed by atoms with Gasteiger partial charge in [0.1, 0.15) is 50.1 Å². The Labute approximate surface area is 268 Å². The summed E-state index contributed by atoms with van der Waals surface area (Å²) in [4.78, 5) is 11.2. The molecular formula is C38H48O7. The largest absolute Gasteiger partial charge is 0.499 e. The zero-order valence-electron chi connectivity index (χ0n) is 27.6. The van der Waals surface area contributed by atoms with E-state index < -0.39 is 18.2 Å². The van der Waals surface area contributed by atoms with Gasteiger partial charge in [-0.05, 0) is 66.3 Å². The van der Waals surface area contributed by atoms with Gasteiger partial charge in [0.25, 0.3) is 0 Å².